The fourth-order valence-corrected chi connectivity index (χ4v) is 3.24. The third-order valence-electron chi connectivity index (χ3n) is 2.72. The van der Waals surface area contributed by atoms with Crippen molar-refractivity contribution in [1.29, 1.82) is 0 Å². The average Bonchev–Trinajstić information content (AvgIpc) is 2.55. The van der Waals surface area contributed by atoms with Gasteiger partial charge < -0.3 is 10.4 Å². The van der Waals surface area contributed by atoms with E-state index < -0.39 is 21.9 Å². The summed E-state index contributed by atoms with van der Waals surface area (Å²) >= 11 is 0. The van der Waals surface area contributed by atoms with Crippen molar-refractivity contribution in [3.8, 4) is 0 Å². The molecule has 8 heteroatoms. The minimum Gasteiger partial charge on any atom is -0.481 e. The van der Waals surface area contributed by atoms with Crippen LogP contribution in [0.5, 0.6) is 0 Å². The molecule has 0 aromatic rings. The van der Waals surface area contributed by atoms with Crippen LogP contribution in [0.3, 0.4) is 0 Å². The number of carbonyl (C=O) groups is 2. The molecule has 2 N–H and O–H groups in total. The lowest BCUT2D eigenvalue weighted by Crippen LogP contribution is -2.41. The van der Waals surface area contributed by atoms with Crippen LogP contribution in [0.2, 0.25) is 0 Å². The first kappa shape index (κ1) is 14.9. The molecule has 18 heavy (non-hydrogen) atoms. The van der Waals surface area contributed by atoms with Crippen LogP contribution in [0.15, 0.2) is 0 Å². The molecular formula is C10H18N2O5S. The molecule has 0 radical (unpaired) electrons. The first-order valence-electron chi connectivity index (χ1n) is 5.80. The topological polar surface area (TPSA) is 104 Å². The number of sulfonamides is 1. The van der Waals surface area contributed by atoms with Gasteiger partial charge in [0.2, 0.25) is 15.9 Å². The van der Waals surface area contributed by atoms with Gasteiger partial charge in [-0.15, -0.1) is 0 Å². The van der Waals surface area contributed by atoms with Gasteiger partial charge in [0.15, 0.2) is 0 Å². The van der Waals surface area contributed by atoms with E-state index in [1.54, 1.807) is 6.92 Å². The zero-order valence-corrected chi connectivity index (χ0v) is 11.1. The zero-order valence-electron chi connectivity index (χ0n) is 10.3. The molecule has 0 bridgehead atoms. The maximum atomic E-state index is 11.6. The van der Waals surface area contributed by atoms with Gasteiger partial charge in [-0.1, -0.05) is 0 Å². The molecule has 1 aliphatic heterocycles. The summed E-state index contributed by atoms with van der Waals surface area (Å²) in [5.74, 6) is -1.22. The van der Waals surface area contributed by atoms with Gasteiger partial charge in [0.1, 0.15) is 0 Å². The van der Waals surface area contributed by atoms with Crippen LogP contribution >= 0.6 is 0 Å². The molecule has 1 unspecified atom stereocenters. The lowest BCUT2D eigenvalue weighted by atomic mass is 10.2. The van der Waals surface area contributed by atoms with E-state index in [9.17, 15) is 18.0 Å². The molecule has 1 rings (SSSR count). The number of hydrogen-bond donors (Lipinski definition) is 2. The van der Waals surface area contributed by atoms with Crippen LogP contribution in [0, 0.1) is 0 Å². The molecule has 1 saturated heterocycles. The highest BCUT2D eigenvalue weighted by Crippen LogP contribution is 2.12. The van der Waals surface area contributed by atoms with Crippen LogP contribution in [-0.2, 0) is 19.6 Å². The third kappa shape index (κ3) is 4.61. The summed E-state index contributed by atoms with van der Waals surface area (Å²) in [5.41, 5.74) is 0. The highest BCUT2D eigenvalue weighted by molar-refractivity contribution is 7.89. The summed E-state index contributed by atoms with van der Waals surface area (Å²) in [7, 11) is -3.27. The summed E-state index contributed by atoms with van der Waals surface area (Å²) in [6.45, 7) is 1.89. The predicted molar refractivity (Wildman–Crippen MR) is 64.5 cm³/mol. The Kier molecular flexibility index (Phi) is 5.09. The van der Waals surface area contributed by atoms with Crippen molar-refractivity contribution < 1.29 is 23.1 Å². The molecule has 0 aliphatic carbocycles. The number of aliphatic carboxylic acids is 1. The molecule has 0 aromatic carbocycles. The Bertz CT molecular complexity index is 420. The molecule has 0 aromatic heterocycles. The van der Waals surface area contributed by atoms with E-state index in [-0.39, 0.29) is 24.8 Å². The van der Waals surface area contributed by atoms with Crippen LogP contribution < -0.4 is 5.32 Å². The van der Waals surface area contributed by atoms with Gasteiger partial charge in [-0.25, -0.2) is 8.42 Å². The van der Waals surface area contributed by atoms with Gasteiger partial charge >= 0.3 is 5.97 Å². The van der Waals surface area contributed by atoms with E-state index in [1.165, 1.54) is 0 Å². The Morgan fingerprint density at radius 1 is 1.44 bits per heavy atom. The fraction of sp³-hybridized carbons (Fsp3) is 0.800. The van der Waals surface area contributed by atoms with Crippen molar-refractivity contribution in [3.63, 3.8) is 0 Å². The second kappa shape index (κ2) is 6.14. The summed E-state index contributed by atoms with van der Waals surface area (Å²) < 4.78 is 24.1. The molecular weight excluding hydrogens is 260 g/mol. The zero-order chi connectivity index (χ0) is 13.8. The monoisotopic (exact) mass is 278 g/mol. The van der Waals surface area contributed by atoms with Gasteiger partial charge in [-0.05, 0) is 19.8 Å². The Labute approximate surface area is 106 Å². The Morgan fingerprint density at radius 2 is 2.11 bits per heavy atom. The number of nitrogens with one attached hydrogen (secondary N) is 1. The largest absolute Gasteiger partial charge is 0.481 e. The molecule has 0 saturated carbocycles. The lowest BCUT2D eigenvalue weighted by molar-refractivity contribution is -0.137. The second-order valence-corrected chi connectivity index (χ2v) is 6.49. The third-order valence-corrected chi connectivity index (χ3v) is 4.62. The highest BCUT2D eigenvalue weighted by atomic mass is 32.2. The van der Waals surface area contributed by atoms with Crippen molar-refractivity contribution in [1.82, 2.24) is 9.62 Å². The minimum absolute atomic E-state index is 0.0243. The normalized spacial score (nSPS) is 20.5. The molecule has 1 heterocycles. The number of nitrogens with zero attached hydrogens (tertiary/aromatic N) is 1. The van der Waals surface area contributed by atoms with Crippen molar-refractivity contribution in [2.45, 2.75) is 32.2 Å². The summed E-state index contributed by atoms with van der Waals surface area (Å²) in [5, 5.41) is 11.1. The quantitative estimate of drug-likeness (QED) is 0.674. The highest BCUT2D eigenvalue weighted by Gasteiger charge is 2.29. The Balaban J connectivity index is 2.35. The van der Waals surface area contributed by atoms with Crippen molar-refractivity contribution in [2.75, 3.05) is 18.8 Å². The number of carbonyl (C=O) groups excluding carboxylic acids is 1. The number of hydrogen-bond acceptors (Lipinski definition) is 4. The van der Waals surface area contributed by atoms with Crippen molar-refractivity contribution in [2.24, 2.45) is 0 Å². The maximum absolute atomic E-state index is 11.6. The summed E-state index contributed by atoms with van der Waals surface area (Å²) in [4.78, 5) is 21.9. The molecule has 1 aliphatic rings. The Morgan fingerprint density at radius 3 is 2.61 bits per heavy atom. The number of rotatable bonds is 6. The van der Waals surface area contributed by atoms with Crippen molar-refractivity contribution >= 4 is 21.9 Å². The van der Waals surface area contributed by atoms with Crippen LogP contribution in [0.25, 0.3) is 0 Å². The smallest absolute Gasteiger partial charge is 0.303 e. The molecule has 1 atom stereocenters. The number of amides is 1. The maximum Gasteiger partial charge on any atom is 0.303 e. The minimum atomic E-state index is -3.27. The standard InChI is InChI=1S/C10H18N2O5S/c1-8(3-4-10(14)15)11-9(13)7-12-5-2-6-18(12,16)17/h8H,2-7H2,1H3,(H,11,13)(H,14,15). The SMILES string of the molecule is CC(CCC(=O)O)NC(=O)CN1CCCS1(=O)=O. The summed E-state index contributed by atoms with van der Waals surface area (Å²) in [6.07, 6.45) is 0.849. The van der Waals surface area contributed by atoms with E-state index in [2.05, 4.69) is 5.32 Å². The van der Waals surface area contributed by atoms with Gasteiger partial charge in [0, 0.05) is 19.0 Å². The predicted octanol–water partition coefficient (Wildman–Crippen LogP) is -0.609. The Hall–Kier alpha value is -1.15. The van der Waals surface area contributed by atoms with Gasteiger partial charge in [0.05, 0.1) is 12.3 Å². The average molecular weight is 278 g/mol. The van der Waals surface area contributed by atoms with Crippen LogP contribution in [0.1, 0.15) is 26.2 Å². The fourth-order valence-electron chi connectivity index (χ4n) is 1.76. The first-order valence-corrected chi connectivity index (χ1v) is 7.41. The molecule has 7 nitrogen and oxygen atoms in total. The van der Waals surface area contributed by atoms with E-state index >= 15 is 0 Å². The molecule has 0 spiro atoms. The molecule has 1 amide bonds. The summed E-state index contributed by atoms with van der Waals surface area (Å²) in [6, 6.07) is -0.279. The van der Waals surface area contributed by atoms with Gasteiger partial charge in [0.25, 0.3) is 0 Å². The van der Waals surface area contributed by atoms with Gasteiger partial charge in [-0.3, -0.25) is 9.59 Å². The van der Waals surface area contributed by atoms with Gasteiger partial charge in [-0.2, -0.15) is 4.31 Å². The van der Waals surface area contributed by atoms with Crippen LogP contribution in [0.4, 0.5) is 0 Å². The van der Waals surface area contributed by atoms with E-state index in [4.69, 9.17) is 5.11 Å². The van der Waals surface area contributed by atoms with Crippen LogP contribution in [-0.4, -0.2) is 54.6 Å². The van der Waals surface area contributed by atoms with E-state index in [0.29, 0.717) is 19.4 Å². The molecule has 1 fully saturated rings. The second-order valence-electron chi connectivity index (χ2n) is 4.40. The number of carboxylic acids is 1. The van der Waals surface area contributed by atoms with Crippen molar-refractivity contribution in [3.05, 3.63) is 0 Å². The van der Waals surface area contributed by atoms with E-state index in [1.807, 2.05) is 0 Å². The number of carboxylic acid groups (broad SMARTS) is 1. The lowest BCUT2D eigenvalue weighted by Gasteiger charge is -2.17. The molecule has 104 valence electrons. The van der Waals surface area contributed by atoms with E-state index in [0.717, 1.165) is 4.31 Å². The first-order chi connectivity index (χ1) is 8.31.